The van der Waals surface area contributed by atoms with Crippen LogP contribution in [0.2, 0.25) is 0 Å². The molecule has 3 heterocycles. The third-order valence-electron chi connectivity index (χ3n) is 7.96. The number of amides is 3. The zero-order chi connectivity index (χ0) is 27.3. The van der Waals surface area contributed by atoms with Crippen LogP contribution in [0.15, 0.2) is 66.7 Å². The van der Waals surface area contributed by atoms with Crippen molar-refractivity contribution >= 4 is 28.5 Å². The fraction of sp³-hybridized carbons (Fsp3) is 0.312. The van der Waals surface area contributed by atoms with E-state index in [1.54, 1.807) is 4.90 Å². The molecule has 2 unspecified atom stereocenters. The summed E-state index contributed by atoms with van der Waals surface area (Å²) < 4.78 is 12.3. The van der Waals surface area contributed by atoms with Gasteiger partial charge in [-0.05, 0) is 57.0 Å². The van der Waals surface area contributed by atoms with E-state index in [-0.39, 0.29) is 17.9 Å². The maximum absolute atomic E-state index is 14.2. The Morgan fingerprint density at radius 3 is 2.49 bits per heavy atom. The number of hydrogen-bond donors (Lipinski definition) is 1. The third-order valence-corrected chi connectivity index (χ3v) is 7.96. The van der Waals surface area contributed by atoms with Crippen LogP contribution in [-0.4, -0.2) is 41.6 Å². The quantitative estimate of drug-likeness (QED) is 0.281. The van der Waals surface area contributed by atoms with Crippen molar-refractivity contribution in [1.29, 1.82) is 0 Å². The first-order valence-corrected chi connectivity index (χ1v) is 13.6. The number of aryl methyl sites for hydroxylation is 1. The van der Waals surface area contributed by atoms with Crippen molar-refractivity contribution in [3.05, 3.63) is 89.1 Å². The van der Waals surface area contributed by atoms with Gasteiger partial charge in [-0.3, -0.25) is 4.79 Å². The molecule has 0 saturated carbocycles. The average molecular weight is 524 g/mol. The summed E-state index contributed by atoms with van der Waals surface area (Å²) in [5.41, 5.74) is 4.10. The largest absolute Gasteiger partial charge is 0.490 e. The first-order valence-electron chi connectivity index (χ1n) is 13.6. The summed E-state index contributed by atoms with van der Waals surface area (Å²) in [4.78, 5) is 34.8. The van der Waals surface area contributed by atoms with E-state index in [1.807, 2.05) is 81.4 Å². The van der Waals surface area contributed by atoms with Gasteiger partial charge in [0.25, 0.3) is 5.91 Å². The van der Waals surface area contributed by atoms with Crippen LogP contribution < -0.4 is 14.4 Å². The summed E-state index contributed by atoms with van der Waals surface area (Å²) in [6.45, 7) is 9.25. The topological polar surface area (TPSA) is 74.9 Å². The average Bonchev–Trinajstić information content (AvgIpc) is 3.42. The van der Waals surface area contributed by atoms with Crippen LogP contribution in [0.5, 0.6) is 11.5 Å². The molecule has 4 aromatic rings. The van der Waals surface area contributed by atoms with Crippen LogP contribution in [0.4, 0.5) is 10.5 Å². The van der Waals surface area contributed by atoms with Gasteiger partial charge in [0.1, 0.15) is 0 Å². The number of carbonyl (C=O) groups excluding carboxylic acids is 2. The molecule has 3 aromatic carbocycles. The van der Waals surface area contributed by atoms with Gasteiger partial charge in [-0.2, -0.15) is 0 Å². The molecule has 0 spiro atoms. The molecule has 3 amide bonds. The number of aromatic nitrogens is 1. The molecule has 0 bridgehead atoms. The number of ether oxygens (including phenoxy) is 2. The van der Waals surface area contributed by atoms with Gasteiger partial charge in [-0.1, -0.05) is 55.0 Å². The minimum Gasteiger partial charge on any atom is -0.490 e. The molecule has 39 heavy (non-hydrogen) atoms. The maximum atomic E-state index is 14.2. The lowest BCUT2D eigenvalue weighted by molar-refractivity contribution is -0.125. The molecule has 1 aromatic heterocycles. The Kier molecular flexibility index (Phi) is 6.09. The van der Waals surface area contributed by atoms with Crippen LogP contribution in [0.1, 0.15) is 55.5 Å². The molecule has 6 rings (SSSR count). The Hall–Kier alpha value is -4.26. The molecular weight excluding hydrogens is 490 g/mol. The molecule has 1 fully saturated rings. The van der Waals surface area contributed by atoms with Crippen molar-refractivity contribution in [2.45, 2.75) is 45.6 Å². The van der Waals surface area contributed by atoms with E-state index in [2.05, 4.69) is 18.0 Å². The minimum atomic E-state index is -1.17. The van der Waals surface area contributed by atoms with Gasteiger partial charge in [0.2, 0.25) is 0 Å². The van der Waals surface area contributed by atoms with Crippen LogP contribution in [0.25, 0.3) is 10.9 Å². The molecule has 0 radical (unpaired) electrons. The highest BCUT2D eigenvalue weighted by Gasteiger charge is 2.60. The number of hydrogen-bond acceptors (Lipinski definition) is 4. The van der Waals surface area contributed by atoms with Gasteiger partial charge in [-0.25, -0.2) is 9.69 Å². The van der Waals surface area contributed by atoms with Crippen LogP contribution in [0, 0.1) is 6.92 Å². The molecule has 0 aliphatic carbocycles. The van der Waals surface area contributed by atoms with Gasteiger partial charge in [-0.15, -0.1) is 0 Å². The molecule has 2 aliphatic rings. The first-order chi connectivity index (χ1) is 18.9. The van der Waals surface area contributed by atoms with Crippen molar-refractivity contribution in [2.75, 3.05) is 24.7 Å². The zero-order valence-electron chi connectivity index (χ0n) is 22.8. The monoisotopic (exact) mass is 523 g/mol. The smallest absolute Gasteiger partial charge is 0.332 e. The number of para-hydroxylation sites is 2. The number of H-pyrrole nitrogens is 1. The van der Waals surface area contributed by atoms with E-state index in [0.29, 0.717) is 36.9 Å². The third kappa shape index (κ3) is 3.71. The Morgan fingerprint density at radius 1 is 0.974 bits per heavy atom. The van der Waals surface area contributed by atoms with Gasteiger partial charge in [0.05, 0.1) is 24.6 Å². The predicted octanol–water partition coefficient (Wildman–Crippen LogP) is 6.49. The highest BCUT2D eigenvalue weighted by molar-refractivity contribution is 6.23. The Bertz CT molecular complexity index is 1570. The number of carbonyl (C=O) groups is 2. The highest BCUT2D eigenvalue weighted by atomic mass is 16.5. The molecule has 7 heteroatoms. The SMILES string of the molecule is CCCOc1cccc(C2CN3C(=O)N(c4ccc(C)cc4)C(=O)C3(C)c3[nH]c4ccccc4c32)c1OCC. The summed E-state index contributed by atoms with van der Waals surface area (Å²) >= 11 is 0. The Balaban J connectivity index is 1.56. The van der Waals surface area contributed by atoms with E-state index in [9.17, 15) is 9.59 Å². The number of fused-ring (bicyclic) bond motifs is 5. The van der Waals surface area contributed by atoms with Gasteiger partial charge < -0.3 is 19.4 Å². The summed E-state index contributed by atoms with van der Waals surface area (Å²) in [6, 6.07) is 21.2. The van der Waals surface area contributed by atoms with Gasteiger partial charge >= 0.3 is 6.03 Å². The lowest BCUT2D eigenvalue weighted by atomic mass is 9.78. The molecule has 1 N–H and O–H groups in total. The number of anilines is 1. The molecule has 1 saturated heterocycles. The number of rotatable bonds is 7. The van der Waals surface area contributed by atoms with Crippen molar-refractivity contribution in [2.24, 2.45) is 0 Å². The van der Waals surface area contributed by atoms with Crippen molar-refractivity contribution in [3.63, 3.8) is 0 Å². The molecule has 2 aliphatic heterocycles. The predicted molar refractivity (Wildman–Crippen MR) is 152 cm³/mol. The van der Waals surface area contributed by atoms with Crippen LogP contribution >= 0.6 is 0 Å². The van der Waals surface area contributed by atoms with Crippen LogP contribution in [-0.2, 0) is 10.3 Å². The molecule has 2 atom stereocenters. The number of aromatic amines is 1. The fourth-order valence-corrected chi connectivity index (χ4v) is 6.03. The van der Waals surface area contributed by atoms with Gasteiger partial charge in [0.15, 0.2) is 17.0 Å². The second-order valence-electron chi connectivity index (χ2n) is 10.4. The summed E-state index contributed by atoms with van der Waals surface area (Å²) in [5, 5.41) is 1.04. The Morgan fingerprint density at radius 2 is 1.74 bits per heavy atom. The van der Waals surface area contributed by atoms with Gasteiger partial charge in [0, 0.05) is 28.9 Å². The second-order valence-corrected chi connectivity index (χ2v) is 10.4. The second kappa shape index (κ2) is 9.49. The number of benzene rings is 3. The zero-order valence-corrected chi connectivity index (χ0v) is 22.8. The lowest BCUT2D eigenvalue weighted by Crippen LogP contribution is -2.50. The molecule has 7 nitrogen and oxygen atoms in total. The minimum absolute atomic E-state index is 0.231. The van der Waals surface area contributed by atoms with Crippen molar-refractivity contribution in [1.82, 2.24) is 9.88 Å². The number of nitrogens with one attached hydrogen (secondary N) is 1. The van der Waals surface area contributed by atoms with Crippen molar-refractivity contribution in [3.8, 4) is 11.5 Å². The number of nitrogens with zero attached hydrogens (tertiary/aromatic N) is 2. The van der Waals surface area contributed by atoms with E-state index in [4.69, 9.17) is 9.47 Å². The summed E-state index contributed by atoms with van der Waals surface area (Å²) in [5.74, 6) is 0.890. The highest BCUT2D eigenvalue weighted by Crippen LogP contribution is 2.52. The number of imide groups is 1. The lowest BCUT2D eigenvalue weighted by Gasteiger charge is -2.40. The first kappa shape index (κ1) is 25.0. The summed E-state index contributed by atoms with van der Waals surface area (Å²) in [7, 11) is 0. The van der Waals surface area contributed by atoms with Crippen molar-refractivity contribution < 1.29 is 19.1 Å². The summed E-state index contributed by atoms with van der Waals surface area (Å²) in [6.07, 6.45) is 0.878. The maximum Gasteiger partial charge on any atom is 0.332 e. The van der Waals surface area contributed by atoms with E-state index < -0.39 is 5.54 Å². The molecule has 200 valence electrons. The van der Waals surface area contributed by atoms with E-state index in [0.717, 1.165) is 39.7 Å². The normalized spacial score (nSPS) is 20.4. The fourth-order valence-electron chi connectivity index (χ4n) is 6.03. The standard InChI is InChI=1S/C32H33N3O4/c1-5-18-39-26-13-9-11-22(28(26)38-6-2)24-19-34-31(37)35(21-16-14-20(3)15-17-21)30(36)32(34,4)29-27(24)23-10-7-8-12-25(23)33-29/h7-17,24,33H,5-6,18-19H2,1-4H3. The van der Waals surface area contributed by atoms with Crippen LogP contribution in [0.3, 0.4) is 0 Å². The van der Waals surface area contributed by atoms with E-state index in [1.165, 1.54) is 4.90 Å². The Labute approximate surface area is 228 Å². The molecular formula is C32H33N3O4. The number of urea groups is 1. The van der Waals surface area contributed by atoms with E-state index >= 15 is 0 Å².